The lowest BCUT2D eigenvalue weighted by Crippen LogP contribution is -2.24. The molecule has 6 heteroatoms. The van der Waals surface area contributed by atoms with Gasteiger partial charge in [0.25, 0.3) is 0 Å². The summed E-state index contributed by atoms with van der Waals surface area (Å²) >= 11 is 0. The molecule has 3 rings (SSSR count). The lowest BCUT2D eigenvalue weighted by Gasteiger charge is -2.12. The van der Waals surface area contributed by atoms with Crippen molar-refractivity contribution in [1.82, 2.24) is 5.43 Å². The molecular weight excluding hydrogens is 414 g/mol. The highest BCUT2D eigenvalue weighted by atomic mass is 16.5. The maximum atomic E-state index is 11.9. The number of amides is 2. The second kappa shape index (κ2) is 12.9. The number of carbonyl (C=O) groups is 1. The summed E-state index contributed by atoms with van der Waals surface area (Å²) in [4.78, 5) is 11.9. The minimum absolute atomic E-state index is 0.412. The van der Waals surface area contributed by atoms with Crippen LogP contribution in [-0.4, -0.2) is 25.5 Å². The van der Waals surface area contributed by atoms with Crippen molar-refractivity contribution in [3.8, 4) is 11.5 Å². The third-order valence-corrected chi connectivity index (χ3v) is 5.20. The Morgan fingerprint density at radius 2 is 1.64 bits per heavy atom. The van der Waals surface area contributed by atoms with E-state index >= 15 is 0 Å². The number of ether oxygens (including phenoxy) is 2. The molecule has 0 saturated heterocycles. The number of benzene rings is 3. The van der Waals surface area contributed by atoms with E-state index in [1.54, 1.807) is 18.3 Å². The van der Waals surface area contributed by atoms with Crippen molar-refractivity contribution >= 4 is 17.9 Å². The second-order valence-electron chi connectivity index (χ2n) is 7.66. The number of nitrogens with zero attached hydrogens (tertiary/aromatic N) is 1. The van der Waals surface area contributed by atoms with E-state index < -0.39 is 6.03 Å². The van der Waals surface area contributed by atoms with Gasteiger partial charge in [0, 0.05) is 17.7 Å². The van der Waals surface area contributed by atoms with Crippen LogP contribution in [0.1, 0.15) is 43.7 Å². The Morgan fingerprint density at radius 1 is 0.939 bits per heavy atom. The Balaban J connectivity index is 1.41. The zero-order valence-electron chi connectivity index (χ0n) is 19.2. The van der Waals surface area contributed by atoms with Crippen LogP contribution in [0.15, 0.2) is 84.0 Å². The molecule has 3 aromatic carbocycles. The van der Waals surface area contributed by atoms with Crippen LogP contribution in [0.2, 0.25) is 0 Å². The Bertz CT molecular complexity index is 1020. The number of anilines is 1. The largest absolute Gasteiger partial charge is 0.493 e. The predicted octanol–water partition coefficient (Wildman–Crippen LogP) is 6.20. The van der Waals surface area contributed by atoms with Crippen LogP contribution in [0, 0.1) is 0 Å². The minimum atomic E-state index is -0.412. The first-order valence-electron chi connectivity index (χ1n) is 11.3. The molecule has 33 heavy (non-hydrogen) atoms. The summed E-state index contributed by atoms with van der Waals surface area (Å²) in [6, 6.07) is 24.6. The van der Waals surface area contributed by atoms with Crippen LogP contribution in [-0.2, 0) is 0 Å². The normalized spacial score (nSPS) is 11.7. The number of para-hydroxylation sites is 2. The first-order chi connectivity index (χ1) is 16.2. The van der Waals surface area contributed by atoms with E-state index in [0.717, 1.165) is 24.2 Å². The molecule has 0 saturated carbocycles. The monoisotopic (exact) mass is 445 g/mol. The summed E-state index contributed by atoms with van der Waals surface area (Å²) in [5.41, 5.74) is 5.27. The van der Waals surface area contributed by atoms with E-state index in [2.05, 4.69) is 41.8 Å². The molecular formula is C27H31N3O3. The molecule has 1 unspecified atom stereocenters. The number of rotatable bonds is 11. The van der Waals surface area contributed by atoms with Gasteiger partial charge in [-0.3, -0.25) is 0 Å². The Morgan fingerprint density at radius 3 is 2.39 bits per heavy atom. The summed E-state index contributed by atoms with van der Waals surface area (Å²) in [5.74, 6) is 2.13. The van der Waals surface area contributed by atoms with E-state index in [1.165, 1.54) is 5.56 Å². The third kappa shape index (κ3) is 8.00. The molecule has 0 fully saturated rings. The van der Waals surface area contributed by atoms with E-state index in [1.807, 2.05) is 54.6 Å². The van der Waals surface area contributed by atoms with E-state index in [9.17, 15) is 4.79 Å². The van der Waals surface area contributed by atoms with Crippen LogP contribution in [0.5, 0.6) is 11.5 Å². The molecule has 0 spiro atoms. The first-order valence-corrected chi connectivity index (χ1v) is 11.3. The van der Waals surface area contributed by atoms with Gasteiger partial charge in [0.05, 0.1) is 19.4 Å². The molecule has 3 aromatic rings. The van der Waals surface area contributed by atoms with Gasteiger partial charge in [0.15, 0.2) is 0 Å². The molecule has 6 nitrogen and oxygen atoms in total. The average Bonchev–Trinajstić information content (AvgIpc) is 2.85. The van der Waals surface area contributed by atoms with Gasteiger partial charge >= 0.3 is 6.03 Å². The lowest BCUT2D eigenvalue weighted by atomic mass is 9.99. The number of urea groups is 1. The second-order valence-corrected chi connectivity index (χ2v) is 7.66. The van der Waals surface area contributed by atoms with Crippen molar-refractivity contribution in [3.63, 3.8) is 0 Å². The van der Waals surface area contributed by atoms with Crippen molar-refractivity contribution in [1.29, 1.82) is 0 Å². The highest BCUT2D eigenvalue weighted by Crippen LogP contribution is 2.21. The summed E-state index contributed by atoms with van der Waals surface area (Å²) in [6.07, 6.45) is 3.44. The smallest absolute Gasteiger partial charge is 0.339 e. The molecule has 0 aliphatic carbocycles. The third-order valence-electron chi connectivity index (χ3n) is 5.20. The molecule has 0 aliphatic heterocycles. The number of hydrazone groups is 1. The van der Waals surface area contributed by atoms with Crippen LogP contribution in [0.4, 0.5) is 10.5 Å². The fraction of sp³-hybridized carbons (Fsp3) is 0.259. The van der Waals surface area contributed by atoms with Crippen molar-refractivity contribution in [2.75, 3.05) is 18.5 Å². The van der Waals surface area contributed by atoms with Gasteiger partial charge in [-0.1, -0.05) is 56.3 Å². The molecule has 2 amide bonds. The van der Waals surface area contributed by atoms with Crippen LogP contribution >= 0.6 is 0 Å². The minimum Gasteiger partial charge on any atom is -0.493 e. The maximum Gasteiger partial charge on any atom is 0.339 e. The Kier molecular flexibility index (Phi) is 9.33. The first kappa shape index (κ1) is 23.9. The molecule has 0 radical (unpaired) electrons. The molecule has 1 atom stereocenters. The summed E-state index contributed by atoms with van der Waals surface area (Å²) in [6.45, 7) is 5.50. The fourth-order valence-electron chi connectivity index (χ4n) is 3.12. The van der Waals surface area contributed by atoms with Crippen LogP contribution < -0.4 is 20.2 Å². The number of hydrogen-bond donors (Lipinski definition) is 2. The lowest BCUT2D eigenvalue weighted by molar-refractivity contribution is 0.247. The SMILES string of the molecule is CCC(C)c1ccc(OCCCOc2ccccc2/C=N/NC(=O)Nc2ccccc2)cc1. The highest BCUT2D eigenvalue weighted by Gasteiger charge is 2.04. The van der Waals surface area contributed by atoms with E-state index in [0.29, 0.717) is 30.6 Å². The molecule has 2 N–H and O–H groups in total. The van der Waals surface area contributed by atoms with E-state index in [4.69, 9.17) is 9.47 Å². The molecule has 0 heterocycles. The summed E-state index contributed by atoms with van der Waals surface area (Å²) < 4.78 is 11.7. The van der Waals surface area contributed by atoms with Gasteiger partial charge in [0.2, 0.25) is 0 Å². The van der Waals surface area contributed by atoms with Gasteiger partial charge in [-0.05, 0) is 54.3 Å². The van der Waals surface area contributed by atoms with Crippen molar-refractivity contribution < 1.29 is 14.3 Å². The van der Waals surface area contributed by atoms with E-state index in [-0.39, 0.29) is 0 Å². The Hall–Kier alpha value is -3.80. The van der Waals surface area contributed by atoms with Gasteiger partial charge in [0.1, 0.15) is 11.5 Å². The van der Waals surface area contributed by atoms with Crippen molar-refractivity contribution in [3.05, 3.63) is 90.0 Å². The molecule has 0 aliphatic rings. The number of hydrogen-bond acceptors (Lipinski definition) is 4. The van der Waals surface area contributed by atoms with Gasteiger partial charge < -0.3 is 14.8 Å². The molecule has 0 bridgehead atoms. The maximum absolute atomic E-state index is 11.9. The summed E-state index contributed by atoms with van der Waals surface area (Å²) in [5, 5.41) is 6.72. The fourth-order valence-corrected chi connectivity index (χ4v) is 3.12. The Labute approximate surface area is 195 Å². The molecule has 0 aromatic heterocycles. The molecule has 172 valence electrons. The standard InChI is InChI=1S/C27H31N3O3/c1-3-21(2)22-14-16-25(17-15-22)32-18-9-19-33-26-13-8-7-10-23(26)20-28-30-27(31)29-24-11-5-4-6-12-24/h4-8,10-17,20-21H,3,9,18-19H2,1-2H3,(H2,29,30,31)/b28-20+. The number of nitrogens with one attached hydrogen (secondary N) is 2. The topological polar surface area (TPSA) is 72.0 Å². The quantitative estimate of drug-likeness (QED) is 0.210. The van der Waals surface area contributed by atoms with Gasteiger partial charge in [-0.15, -0.1) is 0 Å². The predicted molar refractivity (Wildman–Crippen MR) is 133 cm³/mol. The number of carbonyl (C=O) groups excluding carboxylic acids is 1. The highest BCUT2D eigenvalue weighted by molar-refractivity contribution is 5.90. The summed E-state index contributed by atoms with van der Waals surface area (Å²) in [7, 11) is 0. The van der Waals surface area contributed by atoms with Crippen LogP contribution in [0.3, 0.4) is 0 Å². The van der Waals surface area contributed by atoms with Crippen molar-refractivity contribution in [2.24, 2.45) is 5.10 Å². The zero-order chi connectivity index (χ0) is 23.3. The average molecular weight is 446 g/mol. The van der Waals surface area contributed by atoms with Gasteiger partial charge in [-0.25, -0.2) is 10.2 Å². The zero-order valence-corrected chi connectivity index (χ0v) is 19.2. The van der Waals surface area contributed by atoms with Gasteiger partial charge in [-0.2, -0.15) is 5.10 Å². The van der Waals surface area contributed by atoms with Crippen LogP contribution in [0.25, 0.3) is 0 Å². The van der Waals surface area contributed by atoms with Crippen molar-refractivity contribution in [2.45, 2.75) is 32.6 Å².